The highest BCUT2D eigenvalue weighted by atomic mass is 16.5. The van der Waals surface area contributed by atoms with Gasteiger partial charge in [0.15, 0.2) is 6.29 Å². The summed E-state index contributed by atoms with van der Waals surface area (Å²) >= 11 is 0. The smallest absolute Gasteiger partial charge is 0.221 e. The minimum Gasteiger partial charge on any atom is -0.507 e. The lowest BCUT2D eigenvalue weighted by molar-refractivity contribution is 0.112. The summed E-state index contributed by atoms with van der Waals surface area (Å²) < 4.78 is 10.4. The summed E-state index contributed by atoms with van der Waals surface area (Å²) in [5.41, 5.74) is 1.91. The maximum absolute atomic E-state index is 11.2. The first-order valence-corrected chi connectivity index (χ1v) is 6.98. The zero-order chi connectivity index (χ0) is 16.4. The van der Waals surface area contributed by atoms with Crippen LogP contribution in [-0.4, -0.2) is 30.6 Å². The summed E-state index contributed by atoms with van der Waals surface area (Å²) in [6.07, 6.45) is 2.36. The summed E-state index contributed by atoms with van der Waals surface area (Å²) in [7, 11) is 3.04. The molecule has 3 aromatic rings. The number of hydrogen-bond donors (Lipinski definition) is 1. The lowest BCUT2D eigenvalue weighted by Crippen LogP contribution is -1.94. The molecule has 3 rings (SSSR count). The van der Waals surface area contributed by atoms with Crippen LogP contribution in [-0.2, 0) is 0 Å². The van der Waals surface area contributed by atoms with Gasteiger partial charge in [-0.25, -0.2) is 4.98 Å². The second-order valence-electron chi connectivity index (χ2n) is 4.96. The fraction of sp³-hybridized carbons (Fsp3) is 0.111. The van der Waals surface area contributed by atoms with E-state index < -0.39 is 0 Å². The third kappa shape index (κ3) is 2.46. The summed E-state index contributed by atoms with van der Waals surface area (Å²) in [4.78, 5) is 15.5. The Balaban J connectivity index is 2.31. The first-order chi connectivity index (χ1) is 11.2. The number of carbonyl (C=O) groups excluding carboxylic acids is 1. The van der Waals surface area contributed by atoms with Gasteiger partial charge in [0.25, 0.3) is 0 Å². The monoisotopic (exact) mass is 309 g/mol. The Morgan fingerprint density at radius 3 is 2.65 bits per heavy atom. The van der Waals surface area contributed by atoms with Crippen LogP contribution in [0.3, 0.4) is 0 Å². The van der Waals surface area contributed by atoms with Crippen molar-refractivity contribution in [2.75, 3.05) is 14.2 Å². The highest BCUT2D eigenvalue weighted by molar-refractivity contribution is 6.03. The first kappa shape index (κ1) is 14.8. The van der Waals surface area contributed by atoms with Gasteiger partial charge < -0.3 is 14.6 Å². The second-order valence-corrected chi connectivity index (χ2v) is 4.96. The SMILES string of the molecule is COc1ccc(-c2cnc(OC)c3cccc(O)c23)cc1C=O. The van der Waals surface area contributed by atoms with Gasteiger partial charge in [-0.2, -0.15) is 0 Å². The number of aromatic hydroxyl groups is 1. The van der Waals surface area contributed by atoms with Gasteiger partial charge in [0.1, 0.15) is 11.5 Å². The van der Waals surface area contributed by atoms with E-state index in [0.29, 0.717) is 33.5 Å². The molecule has 0 amide bonds. The molecule has 0 saturated carbocycles. The Bertz CT molecular complexity index is 890. The van der Waals surface area contributed by atoms with E-state index in [4.69, 9.17) is 9.47 Å². The van der Waals surface area contributed by atoms with Gasteiger partial charge in [-0.3, -0.25) is 4.79 Å². The molecule has 1 aromatic heterocycles. The van der Waals surface area contributed by atoms with Crippen LogP contribution < -0.4 is 9.47 Å². The van der Waals surface area contributed by atoms with E-state index in [2.05, 4.69) is 4.98 Å². The molecule has 1 heterocycles. The van der Waals surface area contributed by atoms with E-state index in [1.807, 2.05) is 12.1 Å². The summed E-state index contributed by atoms with van der Waals surface area (Å²) in [6, 6.07) is 10.4. The Hall–Kier alpha value is -3.08. The number of methoxy groups -OCH3 is 2. The molecule has 0 aliphatic heterocycles. The summed E-state index contributed by atoms with van der Waals surface area (Å²) in [6.45, 7) is 0. The number of ether oxygens (including phenoxy) is 2. The Morgan fingerprint density at radius 2 is 1.96 bits per heavy atom. The molecular weight excluding hydrogens is 294 g/mol. The van der Waals surface area contributed by atoms with Crippen molar-refractivity contribution in [2.24, 2.45) is 0 Å². The number of carbonyl (C=O) groups is 1. The molecule has 2 aromatic carbocycles. The van der Waals surface area contributed by atoms with Crippen LogP contribution in [0.25, 0.3) is 21.9 Å². The number of fused-ring (bicyclic) bond motifs is 1. The number of phenolic OH excluding ortho intramolecular Hbond substituents is 1. The lowest BCUT2D eigenvalue weighted by Gasteiger charge is -2.12. The van der Waals surface area contributed by atoms with Crippen molar-refractivity contribution < 1.29 is 19.4 Å². The quantitative estimate of drug-likeness (QED) is 0.748. The van der Waals surface area contributed by atoms with Crippen LogP contribution in [0.5, 0.6) is 17.4 Å². The molecule has 0 unspecified atom stereocenters. The number of hydrogen-bond acceptors (Lipinski definition) is 5. The maximum Gasteiger partial charge on any atom is 0.221 e. The van der Waals surface area contributed by atoms with Gasteiger partial charge in [-0.1, -0.05) is 12.1 Å². The molecule has 0 aliphatic carbocycles. The molecule has 116 valence electrons. The molecule has 0 aliphatic rings. The topological polar surface area (TPSA) is 68.7 Å². The van der Waals surface area contributed by atoms with Gasteiger partial charge in [0.05, 0.1) is 19.8 Å². The third-order valence-corrected chi connectivity index (χ3v) is 3.71. The number of aldehydes is 1. The van der Waals surface area contributed by atoms with Gasteiger partial charge >= 0.3 is 0 Å². The predicted molar refractivity (Wildman–Crippen MR) is 87.3 cm³/mol. The van der Waals surface area contributed by atoms with Crippen LogP contribution in [0.15, 0.2) is 42.6 Å². The molecule has 0 radical (unpaired) electrons. The number of benzene rings is 2. The molecule has 0 saturated heterocycles. The average molecular weight is 309 g/mol. The molecule has 0 atom stereocenters. The zero-order valence-corrected chi connectivity index (χ0v) is 12.7. The normalized spacial score (nSPS) is 10.5. The summed E-state index contributed by atoms with van der Waals surface area (Å²) in [5, 5.41) is 11.6. The zero-order valence-electron chi connectivity index (χ0n) is 12.7. The fourth-order valence-corrected chi connectivity index (χ4v) is 2.63. The van der Waals surface area contributed by atoms with Crippen LogP contribution in [0, 0.1) is 0 Å². The number of phenols is 1. The maximum atomic E-state index is 11.2. The van der Waals surface area contributed by atoms with E-state index in [1.165, 1.54) is 14.2 Å². The highest BCUT2D eigenvalue weighted by Gasteiger charge is 2.14. The van der Waals surface area contributed by atoms with Crippen LogP contribution in [0.2, 0.25) is 0 Å². The van der Waals surface area contributed by atoms with Crippen molar-refractivity contribution in [1.82, 2.24) is 4.98 Å². The molecule has 23 heavy (non-hydrogen) atoms. The van der Waals surface area contributed by atoms with Gasteiger partial charge in [-0.05, 0) is 29.8 Å². The Labute approximate surface area is 133 Å². The lowest BCUT2D eigenvalue weighted by atomic mass is 9.98. The van der Waals surface area contributed by atoms with Crippen LogP contribution >= 0.6 is 0 Å². The molecular formula is C18H15NO4. The summed E-state index contributed by atoms with van der Waals surface area (Å²) in [5.74, 6) is 1.06. The van der Waals surface area contributed by atoms with Crippen LogP contribution in [0.1, 0.15) is 10.4 Å². The predicted octanol–water partition coefficient (Wildman–Crippen LogP) is 3.44. The molecule has 0 bridgehead atoms. The molecule has 0 spiro atoms. The standard InChI is InChI=1S/C18H15NO4/c1-22-16-7-6-11(8-12(16)10-20)14-9-19-18(23-2)13-4-3-5-15(21)17(13)14/h3-10,21H,1-2H3. The minimum absolute atomic E-state index is 0.127. The van der Waals surface area contributed by atoms with Crippen molar-refractivity contribution in [3.05, 3.63) is 48.2 Å². The molecule has 1 N–H and O–H groups in total. The highest BCUT2D eigenvalue weighted by Crippen LogP contribution is 2.38. The Morgan fingerprint density at radius 1 is 1.13 bits per heavy atom. The largest absolute Gasteiger partial charge is 0.507 e. The first-order valence-electron chi connectivity index (χ1n) is 6.98. The minimum atomic E-state index is 0.127. The number of rotatable bonds is 4. The van der Waals surface area contributed by atoms with Gasteiger partial charge in [0.2, 0.25) is 5.88 Å². The van der Waals surface area contributed by atoms with E-state index >= 15 is 0 Å². The van der Waals surface area contributed by atoms with Crippen molar-refractivity contribution in [3.8, 4) is 28.5 Å². The van der Waals surface area contributed by atoms with Gasteiger partial charge in [-0.15, -0.1) is 0 Å². The molecule has 5 heteroatoms. The van der Waals surface area contributed by atoms with Crippen molar-refractivity contribution >= 4 is 17.1 Å². The van der Waals surface area contributed by atoms with E-state index in [0.717, 1.165) is 11.8 Å². The number of pyridine rings is 1. The third-order valence-electron chi connectivity index (χ3n) is 3.71. The molecule has 5 nitrogen and oxygen atoms in total. The van der Waals surface area contributed by atoms with E-state index in [1.54, 1.807) is 30.5 Å². The van der Waals surface area contributed by atoms with Crippen LogP contribution in [0.4, 0.5) is 0 Å². The fourth-order valence-electron chi connectivity index (χ4n) is 2.63. The Kier molecular flexibility index (Phi) is 3.85. The average Bonchev–Trinajstić information content (AvgIpc) is 2.60. The second kappa shape index (κ2) is 5.96. The van der Waals surface area contributed by atoms with Crippen molar-refractivity contribution in [3.63, 3.8) is 0 Å². The van der Waals surface area contributed by atoms with E-state index in [-0.39, 0.29) is 5.75 Å². The number of aromatic nitrogens is 1. The van der Waals surface area contributed by atoms with Crippen molar-refractivity contribution in [2.45, 2.75) is 0 Å². The van der Waals surface area contributed by atoms with Gasteiger partial charge in [0, 0.05) is 22.5 Å². The van der Waals surface area contributed by atoms with E-state index in [9.17, 15) is 9.90 Å². The molecule has 0 fully saturated rings. The number of nitrogens with zero attached hydrogens (tertiary/aromatic N) is 1. The van der Waals surface area contributed by atoms with Crippen molar-refractivity contribution in [1.29, 1.82) is 0 Å².